The number of carbonyl (C=O) groups excluding carboxylic acids is 4. The van der Waals surface area contributed by atoms with Gasteiger partial charge in [-0.2, -0.15) is 0 Å². The van der Waals surface area contributed by atoms with Crippen molar-refractivity contribution in [1.82, 2.24) is 25.8 Å². The van der Waals surface area contributed by atoms with E-state index in [1.165, 1.54) is 0 Å². The van der Waals surface area contributed by atoms with Crippen LogP contribution in [0.2, 0.25) is 0 Å². The highest BCUT2D eigenvalue weighted by Crippen LogP contribution is 2.35. The molecule has 4 aliphatic heterocycles. The highest BCUT2D eigenvalue weighted by Gasteiger charge is 2.50. The molecule has 4 aliphatic rings. The van der Waals surface area contributed by atoms with Crippen molar-refractivity contribution in [1.29, 1.82) is 0 Å². The summed E-state index contributed by atoms with van der Waals surface area (Å²) < 4.78 is 0. The first-order valence-corrected chi connectivity index (χ1v) is 11.8. The fraction of sp³-hybridized carbons (Fsp3) is 0.583. The fourth-order valence-corrected chi connectivity index (χ4v) is 5.54. The first-order valence-electron chi connectivity index (χ1n) is 11.8. The van der Waals surface area contributed by atoms with E-state index in [4.69, 9.17) is 0 Å². The number of piperidine rings is 2. The van der Waals surface area contributed by atoms with E-state index in [1.54, 1.807) is 4.90 Å². The Bertz CT molecular complexity index is 1000. The zero-order valence-electron chi connectivity index (χ0n) is 19.0. The summed E-state index contributed by atoms with van der Waals surface area (Å²) in [5.74, 6) is -0.608. The Morgan fingerprint density at radius 1 is 1.09 bits per heavy atom. The Balaban J connectivity index is 1.16. The molecule has 33 heavy (non-hydrogen) atoms. The molecule has 4 amide bonds. The van der Waals surface area contributed by atoms with Gasteiger partial charge < -0.3 is 20.4 Å². The van der Waals surface area contributed by atoms with E-state index >= 15 is 0 Å². The van der Waals surface area contributed by atoms with Gasteiger partial charge in [-0.05, 0) is 56.5 Å². The van der Waals surface area contributed by atoms with Crippen molar-refractivity contribution < 1.29 is 19.2 Å². The second-order valence-corrected chi connectivity index (χ2v) is 9.97. The number of nitrogens with one attached hydrogen (secondary N) is 3. The van der Waals surface area contributed by atoms with Gasteiger partial charge >= 0.3 is 0 Å². The third-order valence-corrected chi connectivity index (χ3v) is 7.48. The molecule has 176 valence electrons. The van der Waals surface area contributed by atoms with Crippen LogP contribution in [-0.2, 0) is 27.5 Å². The van der Waals surface area contributed by atoms with E-state index in [-0.39, 0.29) is 29.6 Å². The van der Waals surface area contributed by atoms with Gasteiger partial charge in [0.15, 0.2) is 0 Å². The van der Waals surface area contributed by atoms with Gasteiger partial charge in [-0.3, -0.25) is 24.5 Å². The van der Waals surface area contributed by atoms with E-state index in [0.29, 0.717) is 37.7 Å². The first kappa shape index (κ1) is 22.0. The van der Waals surface area contributed by atoms with Crippen LogP contribution in [0.15, 0.2) is 18.2 Å². The molecule has 0 radical (unpaired) electrons. The molecule has 2 unspecified atom stereocenters. The molecular weight excluding hydrogens is 422 g/mol. The normalized spacial score (nSPS) is 28.1. The third-order valence-electron chi connectivity index (χ3n) is 7.48. The third kappa shape index (κ3) is 4.04. The van der Waals surface area contributed by atoms with Crippen LogP contribution >= 0.6 is 0 Å². The van der Waals surface area contributed by atoms with Gasteiger partial charge in [-0.25, -0.2) is 0 Å². The molecule has 4 heterocycles. The number of likely N-dealkylation sites (tertiary alicyclic amines) is 1. The van der Waals surface area contributed by atoms with Crippen LogP contribution in [0.25, 0.3) is 0 Å². The van der Waals surface area contributed by atoms with Crippen LogP contribution in [0.5, 0.6) is 0 Å². The Morgan fingerprint density at radius 3 is 2.61 bits per heavy atom. The van der Waals surface area contributed by atoms with Crippen molar-refractivity contribution in [2.45, 2.75) is 57.8 Å². The van der Waals surface area contributed by atoms with Crippen LogP contribution in [0.3, 0.4) is 0 Å². The van der Waals surface area contributed by atoms with E-state index in [2.05, 4.69) is 16.0 Å². The Hall–Kier alpha value is -2.78. The first-order chi connectivity index (χ1) is 15.9. The minimum atomic E-state index is -0.600. The monoisotopic (exact) mass is 453 g/mol. The average Bonchev–Trinajstić information content (AvgIpc) is 3.13. The number of hydrogen-bond acceptors (Lipinski definition) is 6. The predicted octanol–water partition coefficient (Wildman–Crippen LogP) is 0.138. The number of fused-ring (bicyclic) bond motifs is 1. The minimum absolute atomic E-state index is 0.162. The lowest BCUT2D eigenvalue weighted by Gasteiger charge is -2.51. The van der Waals surface area contributed by atoms with E-state index in [1.807, 2.05) is 30.0 Å². The molecule has 3 fully saturated rings. The van der Waals surface area contributed by atoms with Crippen molar-refractivity contribution in [2.75, 3.05) is 26.2 Å². The van der Waals surface area contributed by atoms with Crippen molar-refractivity contribution in [3.05, 3.63) is 34.9 Å². The summed E-state index contributed by atoms with van der Waals surface area (Å²) in [5.41, 5.74) is 2.19. The lowest BCUT2D eigenvalue weighted by molar-refractivity contribution is -0.163. The van der Waals surface area contributed by atoms with Crippen LogP contribution in [0.1, 0.15) is 54.1 Å². The molecule has 1 aromatic carbocycles. The molecule has 9 heteroatoms. The summed E-state index contributed by atoms with van der Waals surface area (Å²) in [5, 5.41) is 9.10. The Kier molecular flexibility index (Phi) is 5.70. The molecule has 9 nitrogen and oxygen atoms in total. The lowest BCUT2D eigenvalue weighted by Crippen LogP contribution is -2.67. The summed E-state index contributed by atoms with van der Waals surface area (Å²) in [4.78, 5) is 52.9. The Labute approximate surface area is 193 Å². The highest BCUT2D eigenvalue weighted by atomic mass is 16.2. The summed E-state index contributed by atoms with van der Waals surface area (Å²) in [7, 11) is 0. The number of benzene rings is 1. The summed E-state index contributed by atoms with van der Waals surface area (Å²) in [6, 6.07) is 5.50. The Morgan fingerprint density at radius 2 is 1.88 bits per heavy atom. The smallest absolute Gasteiger partial charge is 0.255 e. The summed E-state index contributed by atoms with van der Waals surface area (Å²) in [6.07, 6.45) is 2.66. The number of imide groups is 1. The molecule has 0 spiro atoms. The molecule has 3 saturated heterocycles. The van der Waals surface area contributed by atoms with E-state index in [9.17, 15) is 19.2 Å². The quantitative estimate of drug-likeness (QED) is 0.417. The molecular formula is C24H31N5O4. The van der Waals surface area contributed by atoms with Crippen LogP contribution in [0.4, 0.5) is 0 Å². The molecule has 2 atom stereocenters. The van der Waals surface area contributed by atoms with E-state index in [0.717, 1.165) is 43.6 Å². The van der Waals surface area contributed by atoms with Crippen LogP contribution < -0.4 is 16.0 Å². The molecule has 0 bridgehead atoms. The van der Waals surface area contributed by atoms with Crippen molar-refractivity contribution in [3.63, 3.8) is 0 Å². The fourth-order valence-electron chi connectivity index (χ4n) is 5.54. The average molecular weight is 454 g/mol. The van der Waals surface area contributed by atoms with Gasteiger partial charge in [0.2, 0.25) is 17.7 Å². The van der Waals surface area contributed by atoms with Gasteiger partial charge in [0.05, 0.1) is 5.41 Å². The number of carbonyl (C=O) groups is 4. The largest absolute Gasteiger partial charge is 0.338 e. The van der Waals surface area contributed by atoms with Crippen molar-refractivity contribution >= 4 is 23.6 Å². The van der Waals surface area contributed by atoms with Crippen LogP contribution in [0, 0.1) is 5.41 Å². The zero-order chi connectivity index (χ0) is 23.2. The molecule has 3 N–H and O–H groups in total. The maximum absolute atomic E-state index is 12.8. The van der Waals surface area contributed by atoms with Crippen molar-refractivity contribution in [3.8, 4) is 0 Å². The molecule has 0 aromatic heterocycles. The van der Waals surface area contributed by atoms with E-state index < -0.39 is 11.9 Å². The maximum Gasteiger partial charge on any atom is 0.255 e. The predicted molar refractivity (Wildman–Crippen MR) is 120 cm³/mol. The number of rotatable bonds is 6. The number of amides is 4. The zero-order valence-corrected chi connectivity index (χ0v) is 19.0. The molecule has 5 rings (SSSR count). The molecule has 0 aliphatic carbocycles. The summed E-state index contributed by atoms with van der Waals surface area (Å²) in [6.45, 7) is 6.37. The maximum atomic E-state index is 12.8. The number of β-lactam (4-membered cyclic amide) rings is 1. The minimum Gasteiger partial charge on any atom is -0.338 e. The highest BCUT2D eigenvalue weighted by molar-refractivity contribution is 6.05. The molecule has 1 aromatic rings. The molecule has 0 saturated carbocycles. The van der Waals surface area contributed by atoms with Gasteiger partial charge in [0, 0.05) is 44.2 Å². The SMILES string of the molecule is CC1(CNCc2ccc3c(c2)CN(C2CCC(=O)NC2=O)C3=O)CN(C2CCNCC2)C1=O. The van der Waals surface area contributed by atoms with Gasteiger partial charge in [0.1, 0.15) is 6.04 Å². The topological polar surface area (TPSA) is 111 Å². The van der Waals surface area contributed by atoms with Gasteiger partial charge in [-0.1, -0.05) is 12.1 Å². The van der Waals surface area contributed by atoms with Gasteiger partial charge in [0.25, 0.3) is 5.91 Å². The van der Waals surface area contributed by atoms with Crippen LogP contribution in [-0.4, -0.2) is 71.7 Å². The van der Waals surface area contributed by atoms with Crippen molar-refractivity contribution in [2.24, 2.45) is 5.41 Å². The standard InChI is InChI=1S/C24H31N5O4/c1-24(14-29(23(24)33)17-6-8-25-9-7-17)13-26-11-15-2-3-18-16(10-15)12-28(22(18)32)19-4-5-20(30)27-21(19)31/h2-3,10,17,19,25-26H,4-9,11-14H2,1H3,(H,27,30,31). The van der Waals surface area contributed by atoms with Gasteiger partial charge in [-0.15, -0.1) is 0 Å². The number of nitrogens with zero attached hydrogens (tertiary/aromatic N) is 2. The number of hydrogen-bond donors (Lipinski definition) is 3. The second-order valence-electron chi connectivity index (χ2n) is 9.97. The second kappa shape index (κ2) is 8.53. The summed E-state index contributed by atoms with van der Waals surface area (Å²) >= 11 is 0. The lowest BCUT2D eigenvalue weighted by atomic mass is 9.78.